The van der Waals surface area contributed by atoms with E-state index >= 15 is 0 Å². The Hall–Kier alpha value is -1.00. The van der Waals surface area contributed by atoms with Crippen molar-refractivity contribution in [3.63, 3.8) is 0 Å². The molecule has 2 heterocycles. The van der Waals surface area contributed by atoms with Gasteiger partial charge in [-0.25, -0.2) is 8.78 Å². The van der Waals surface area contributed by atoms with Gasteiger partial charge in [-0.05, 0) is 37.3 Å². The highest BCUT2D eigenvalue weighted by atomic mass is 19.1. The first kappa shape index (κ1) is 12.1. The summed E-state index contributed by atoms with van der Waals surface area (Å²) in [5.74, 6) is -1.14. The third-order valence-electron chi connectivity index (χ3n) is 4.12. The molecule has 0 amide bonds. The second-order valence-corrected chi connectivity index (χ2v) is 5.68. The summed E-state index contributed by atoms with van der Waals surface area (Å²) in [5.41, 5.74) is -0.448. The van der Waals surface area contributed by atoms with Gasteiger partial charge in [0.05, 0.1) is 5.60 Å². The third-order valence-corrected chi connectivity index (χ3v) is 4.12. The van der Waals surface area contributed by atoms with Gasteiger partial charge in [-0.1, -0.05) is 6.07 Å². The topological polar surface area (TPSA) is 32.3 Å². The van der Waals surface area contributed by atoms with Crippen molar-refractivity contribution in [2.45, 2.75) is 49.8 Å². The number of nitrogens with one attached hydrogen (secondary N) is 1. The van der Waals surface area contributed by atoms with E-state index in [1.165, 1.54) is 12.1 Å². The van der Waals surface area contributed by atoms with Crippen LogP contribution in [-0.4, -0.2) is 22.8 Å². The van der Waals surface area contributed by atoms with Crippen LogP contribution >= 0.6 is 0 Å². The Kier molecular flexibility index (Phi) is 2.87. The molecule has 2 atom stereocenters. The molecular weight excluding hydrogens is 236 g/mol. The van der Waals surface area contributed by atoms with Crippen molar-refractivity contribution in [1.29, 1.82) is 0 Å². The average Bonchev–Trinajstić information content (AvgIpc) is 2.63. The first-order valence-corrected chi connectivity index (χ1v) is 6.46. The minimum atomic E-state index is -0.851. The van der Waals surface area contributed by atoms with E-state index < -0.39 is 17.2 Å². The monoisotopic (exact) mass is 253 g/mol. The smallest absolute Gasteiger partial charge is 0.129 e. The molecule has 0 radical (unpaired) electrons. The highest BCUT2D eigenvalue weighted by molar-refractivity contribution is 5.21. The molecule has 2 nitrogen and oxygen atoms in total. The molecule has 2 aliphatic heterocycles. The van der Waals surface area contributed by atoms with E-state index in [0.29, 0.717) is 30.5 Å². The van der Waals surface area contributed by atoms with Gasteiger partial charge < -0.3 is 10.4 Å². The lowest BCUT2D eigenvalue weighted by Gasteiger charge is -2.37. The predicted molar refractivity (Wildman–Crippen MR) is 64.2 cm³/mol. The lowest BCUT2D eigenvalue weighted by molar-refractivity contribution is -0.00675. The maximum Gasteiger partial charge on any atom is 0.129 e. The molecule has 3 rings (SSSR count). The molecule has 0 aromatic heterocycles. The molecule has 98 valence electrons. The molecule has 2 aliphatic rings. The number of piperidine rings is 1. The molecular formula is C14H17F2NO. The van der Waals surface area contributed by atoms with Crippen LogP contribution in [0.5, 0.6) is 0 Å². The second-order valence-electron chi connectivity index (χ2n) is 5.68. The molecule has 0 unspecified atom stereocenters. The zero-order valence-electron chi connectivity index (χ0n) is 10.1. The number of hydrogen-bond acceptors (Lipinski definition) is 2. The van der Waals surface area contributed by atoms with Crippen LogP contribution in [0.1, 0.15) is 31.2 Å². The Morgan fingerprint density at radius 2 is 1.89 bits per heavy atom. The summed E-state index contributed by atoms with van der Waals surface area (Å²) in [6.07, 6.45) is 3.74. The molecule has 2 saturated heterocycles. The Bertz CT molecular complexity index is 451. The normalized spacial score (nSPS) is 34.8. The SMILES string of the molecule is OC1(Cc2ccc(F)cc2F)C[C@H]2CC[C@H](C1)N2. The minimum Gasteiger partial charge on any atom is -0.389 e. The summed E-state index contributed by atoms with van der Waals surface area (Å²) in [5, 5.41) is 14.0. The van der Waals surface area contributed by atoms with Crippen LogP contribution in [0.3, 0.4) is 0 Å². The Balaban J connectivity index is 1.79. The van der Waals surface area contributed by atoms with Crippen molar-refractivity contribution in [1.82, 2.24) is 5.32 Å². The predicted octanol–water partition coefficient (Wildman–Crippen LogP) is 2.15. The highest BCUT2D eigenvalue weighted by Gasteiger charge is 2.42. The molecule has 2 fully saturated rings. The summed E-state index contributed by atoms with van der Waals surface area (Å²) >= 11 is 0. The maximum absolute atomic E-state index is 13.6. The second kappa shape index (κ2) is 4.28. The number of fused-ring (bicyclic) bond motifs is 2. The number of halogens is 2. The lowest BCUT2D eigenvalue weighted by Crippen LogP contribution is -2.49. The molecule has 4 heteroatoms. The fourth-order valence-electron chi connectivity index (χ4n) is 3.39. The molecule has 0 spiro atoms. The van der Waals surface area contributed by atoms with Gasteiger partial charge >= 0.3 is 0 Å². The van der Waals surface area contributed by atoms with Crippen molar-refractivity contribution in [3.8, 4) is 0 Å². The van der Waals surface area contributed by atoms with E-state index in [0.717, 1.165) is 18.9 Å². The lowest BCUT2D eigenvalue weighted by atomic mass is 9.82. The standard InChI is InChI=1S/C14H17F2NO/c15-10-2-1-9(13(16)5-10)6-14(18)7-11-3-4-12(8-14)17-11/h1-2,5,11-12,17-18H,3-4,6-8H2/t11-,12-/m1/s1. The van der Waals surface area contributed by atoms with Crippen LogP contribution in [-0.2, 0) is 6.42 Å². The van der Waals surface area contributed by atoms with E-state index in [9.17, 15) is 13.9 Å². The zero-order valence-corrected chi connectivity index (χ0v) is 10.1. The van der Waals surface area contributed by atoms with Crippen LogP contribution in [0.15, 0.2) is 18.2 Å². The number of benzene rings is 1. The van der Waals surface area contributed by atoms with Crippen LogP contribution in [0.25, 0.3) is 0 Å². The highest BCUT2D eigenvalue weighted by Crippen LogP contribution is 2.36. The van der Waals surface area contributed by atoms with Crippen LogP contribution in [0, 0.1) is 11.6 Å². The summed E-state index contributed by atoms with van der Waals surface area (Å²) in [7, 11) is 0. The molecule has 1 aromatic rings. The largest absolute Gasteiger partial charge is 0.389 e. The third kappa shape index (κ3) is 2.27. The van der Waals surface area contributed by atoms with Gasteiger partial charge in [-0.3, -0.25) is 0 Å². The fourth-order valence-corrected chi connectivity index (χ4v) is 3.39. The first-order chi connectivity index (χ1) is 8.54. The summed E-state index contributed by atoms with van der Waals surface area (Å²) in [4.78, 5) is 0. The molecule has 2 N–H and O–H groups in total. The number of rotatable bonds is 2. The average molecular weight is 253 g/mol. The van der Waals surface area contributed by atoms with Crippen molar-refractivity contribution >= 4 is 0 Å². The quantitative estimate of drug-likeness (QED) is 0.846. The van der Waals surface area contributed by atoms with Gasteiger partial charge in [0.1, 0.15) is 11.6 Å². The van der Waals surface area contributed by atoms with E-state index in [2.05, 4.69) is 5.32 Å². The zero-order chi connectivity index (χ0) is 12.8. The van der Waals surface area contributed by atoms with Gasteiger partial charge in [-0.15, -0.1) is 0 Å². The number of hydrogen-bond donors (Lipinski definition) is 2. The van der Waals surface area contributed by atoms with Crippen molar-refractivity contribution in [2.75, 3.05) is 0 Å². The van der Waals surface area contributed by atoms with E-state index in [1.807, 2.05) is 0 Å². The van der Waals surface area contributed by atoms with Crippen molar-refractivity contribution < 1.29 is 13.9 Å². The minimum absolute atomic E-state index is 0.272. The van der Waals surface area contributed by atoms with E-state index in [1.54, 1.807) is 0 Å². The van der Waals surface area contributed by atoms with Crippen LogP contribution in [0.4, 0.5) is 8.78 Å². The first-order valence-electron chi connectivity index (χ1n) is 6.46. The Labute approximate surface area is 105 Å². The van der Waals surface area contributed by atoms with Crippen molar-refractivity contribution in [2.24, 2.45) is 0 Å². The molecule has 0 saturated carbocycles. The summed E-state index contributed by atoms with van der Waals surface area (Å²) < 4.78 is 26.5. The van der Waals surface area contributed by atoms with Gasteiger partial charge in [0.2, 0.25) is 0 Å². The molecule has 1 aromatic carbocycles. The fraction of sp³-hybridized carbons (Fsp3) is 0.571. The Morgan fingerprint density at radius 1 is 1.22 bits per heavy atom. The van der Waals surface area contributed by atoms with Gasteiger partial charge in [0, 0.05) is 24.6 Å². The van der Waals surface area contributed by atoms with Crippen LogP contribution in [0.2, 0.25) is 0 Å². The Morgan fingerprint density at radius 3 is 2.50 bits per heavy atom. The van der Waals surface area contributed by atoms with Gasteiger partial charge in [-0.2, -0.15) is 0 Å². The molecule has 0 aliphatic carbocycles. The maximum atomic E-state index is 13.6. The summed E-state index contributed by atoms with van der Waals surface area (Å²) in [6, 6.07) is 4.26. The van der Waals surface area contributed by atoms with E-state index in [-0.39, 0.29) is 6.42 Å². The van der Waals surface area contributed by atoms with Crippen LogP contribution < -0.4 is 5.32 Å². The van der Waals surface area contributed by atoms with Gasteiger partial charge in [0.25, 0.3) is 0 Å². The van der Waals surface area contributed by atoms with Crippen molar-refractivity contribution in [3.05, 3.63) is 35.4 Å². The molecule has 18 heavy (non-hydrogen) atoms. The number of aliphatic hydroxyl groups is 1. The molecule has 2 bridgehead atoms. The summed E-state index contributed by atoms with van der Waals surface area (Å²) in [6.45, 7) is 0. The van der Waals surface area contributed by atoms with E-state index in [4.69, 9.17) is 0 Å². The van der Waals surface area contributed by atoms with Gasteiger partial charge in [0.15, 0.2) is 0 Å².